The van der Waals surface area contributed by atoms with Crippen LogP contribution in [0.5, 0.6) is 0 Å². The molecular formula is C51H36N4. The number of hydrogen-bond donors (Lipinski definition) is 0. The Labute approximate surface area is 319 Å². The number of hydrogen-bond acceptors (Lipinski definition) is 3. The summed E-state index contributed by atoms with van der Waals surface area (Å²) in [6, 6.07) is 52.0. The minimum atomic E-state index is -0.106. The Balaban J connectivity index is 1.11. The zero-order chi connectivity index (χ0) is 36.7. The second-order valence-electron chi connectivity index (χ2n) is 15.2. The minimum Gasteiger partial charge on any atom is -0.309 e. The normalized spacial score (nSPS) is 14.6. The number of nitrogens with zero attached hydrogens (tertiary/aromatic N) is 4. The molecule has 2 aromatic heterocycles. The molecule has 9 aromatic rings. The number of aromatic nitrogens is 4. The summed E-state index contributed by atoms with van der Waals surface area (Å²) in [5.41, 5.74) is 11.6. The van der Waals surface area contributed by atoms with Gasteiger partial charge in [0.05, 0.1) is 11.0 Å². The van der Waals surface area contributed by atoms with Gasteiger partial charge in [-0.1, -0.05) is 153 Å². The fourth-order valence-electron chi connectivity index (χ4n) is 9.03. The molecule has 2 aliphatic rings. The molecule has 0 fully saturated rings. The van der Waals surface area contributed by atoms with Crippen molar-refractivity contribution in [2.24, 2.45) is 0 Å². The van der Waals surface area contributed by atoms with Gasteiger partial charge in [0, 0.05) is 38.6 Å². The lowest BCUT2D eigenvalue weighted by atomic mass is 9.79. The van der Waals surface area contributed by atoms with Gasteiger partial charge in [0.15, 0.2) is 17.5 Å². The first kappa shape index (κ1) is 31.6. The van der Waals surface area contributed by atoms with Crippen molar-refractivity contribution in [1.82, 2.24) is 19.5 Å². The van der Waals surface area contributed by atoms with E-state index in [9.17, 15) is 0 Å². The Hall–Kier alpha value is -6.91. The third kappa shape index (κ3) is 4.88. The molecule has 0 atom stereocenters. The summed E-state index contributed by atoms with van der Waals surface area (Å²) in [6.07, 6.45) is 9.78. The van der Waals surface area contributed by atoms with E-state index in [1.54, 1.807) is 0 Å². The molecule has 0 spiro atoms. The average molecular weight is 705 g/mol. The van der Waals surface area contributed by atoms with Gasteiger partial charge in [0.2, 0.25) is 0 Å². The van der Waals surface area contributed by atoms with Crippen molar-refractivity contribution in [2.45, 2.75) is 25.7 Å². The van der Waals surface area contributed by atoms with Gasteiger partial charge < -0.3 is 4.57 Å². The molecule has 4 nitrogen and oxygen atoms in total. The Morgan fingerprint density at radius 2 is 1.13 bits per heavy atom. The highest BCUT2D eigenvalue weighted by Crippen LogP contribution is 2.50. The second kappa shape index (κ2) is 12.1. The molecule has 4 heteroatoms. The van der Waals surface area contributed by atoms with Gasteiger partial charge in [-0.05, 0) is 80.6 Å². The van der Waals surface area contributed by atoms with Gasteiger partial charge in [-0.2, -0.15) is 0 Å². The van der Waals surface area contributed by atoms with Crippen LogP contribution in [0.25, 0.3) is 88.8 Å². The van der Waals surface area contributed by atoms with Crippen LogP contribution in [-0.4, -0.2) is 19.5 Å². The molecule has 2 heterocycles. The van der Waals surface area contributed by atoms with Gasteiger partial charge in [-0.15, -0.1) is 0 Å². The largest absolute Gasteiger partial charge is 0.309 e. The molecule has 0 N–H and O–H groups in total. The SMILES string of the molecule is CC1(C)C2=C(C=CC=CC2)c2ccc(-c3nc(-c4ccccc4)nc(-c4cccc(-n5c6ccc7ccccc7c6c6c7ccccc7ccc65)c4)n3)cc21. The van der Waals surface area contributed by atoms with Crippen LogP contribution in [0, 0.1) is 0 Å². The van der Waals surface area contributed by atoms with Crippen molar-refractivity contribution in [2.75, 3.05) is 0 Å². The van der Waals surface area contributed by atoms with Crippen molar-refractivity contribution < 1.29 is 0 Å². The Bertz CT molecular complexity index is 3050. The van der Waals surface area contributed by atoms with Crippen LogP contribution in [0.3, 0.4) is 0 Å². The van der Waals surface area contributed by atoms with Crippen LogP contribution in [0.2, 0.25) is 0 Å². The fourth-order valence-corrected chi connectivity index (χ4v) is 9.03. The summed E-state index contributed by atoms with van der Waals surface area (Å²) in [5.74, 6) is 1.96. The number of benzene rings is 7. The molecule has 0 bridgehead atoms. The summed E-state index contributed by atoms with van der Waals surface area (Å²) < 4.78 is 2.40. The topological polar surface area (TPSA) is 43.6 Å². The molecule has 0 radical (unpaired) electrons. The fraction of sp³-hybridized carbons (Fsp3) is 0.0784. The zero-order valence-electron chi connectivity index (χ0n) is 30.7. The molecule has 0 saturated heterocycles. The first-order valence-corrected chi connectivity index (χ1v) is 19.0. The van der Waals surface area contributed by atoms with E-state index in [1.807, 2.05) is 18.2 Å². The highest BCUT2D eigenvalue weighted by Gasteiger charge is 2.36. The van der Waals surface area contributed by atoms with Crippen LogP contribution in [0.15, 0.2) is 175 Å². The van der Waals surface area contributed by atoms with E-state index < -0.39 is 0 Å². The van der Waals surface area contributed by atoms with Crippen molar-refractivity contribution in [3.63, 3.8) is 0 Å². The molecule has 7 aromatic carbocycles. The summed E-state index contributed by atoms with van der Waals surface area (Å²) >= 11 is 0. The molecule has 0 unspecified atom stereocenters. The van der Waals surface area contributed by atoms with Gasteiger partial charge in [-0.25, -0.2) is 15.0 Å². The highest BCUT2D eigenvalue weighted by atomic mass is 15.0. The lowest BCUT2D eigenvalue weighted by Gasteiger charge is -2.24. The Kier molecular flexibility index (Phi) is 6.93. The molecular weight excluding hydrogens is 669 g/mol. The quantitative estimate of drug-likeness (QED) is 0.183. The monoisotopic (exact) mass is 704 g/mol. The van der Waals surface area contributed by atoms with Gasteiger partial charge in [0.25, 0.3) is 0 Å². The smallest absolute Gasteiger partial charge is 0.164 e. The highest BCUT2D eigenvalue weighted by molar-refractivity contribution is 6.28. The van der Waals surface area contributed by atoms with Crippen molar-refractivity contribution >= 4 is 48.9 Å². The summed E-state index contributed by atoms with van der Waals surface area (Å²) in [5, 5.41) is 7.50. The Morgan fingerprint density at radius 1 is 0.527 bits per heavy atom. The standard InChI is InChI=1S/C51H36N4/c1-51(2)42-23-8-4-7-22-40(42)41-27-24-36(31-43(41)51)50-53-48(34-16-5-3-6-17-34)52-49(54-50)35-18-13-19-37(30-35)55-44-28-25-32-14-9-11-20-38(32)46(44)47-39-21-12-10-15-33(39)26-29-45(47)55/h3-22,24-31H,23H2,1-2H3. The number of allylic oxidation sites excluding steroid dienone is 6. The molecule has 55 heavy (non-hydrogen) atoms. The zero-order valence-corrected chi connectivity index (χ0v) is 30.7. The van der Waals surface area contributed by atoms with E-state index in [1.165, 1.54) is 65.6 Å². The van der Waals surface area contributed by atoms with Crippen LogP contribution >= 0.6 is 0 Å². The first-order valence-electron chi connectivity index (χ1n) is 19.0. The number of rotatable bonds is 4. The van der Waals surface area contributed by atoms with E-state index in [4.69, 9.17) is 15.0 Å². The van der Waals surface area contributed by atoms with E-state index in [-0.39, 0.29) is 5.41 Å². The Morgan fingerprint density at radius 3 is 1.82 bits per heavy atom. The predicted molar refractivity (Wildman–Crippen MR) is 228 cm³/mol. The maximum Gasteiger partial charge on any atom is 0.164 e. The van der Waals surface area contributed by atoms with Gasteiger partial charge >= 0.3 is 0 Å². The summed E-state index contributed by atoms with van der Waals surface area (Å²) in [7, 11) is 0. The average Bonchev–Trinajstić information content (AvgIpc) is 3.53. The lowest BCUT2D eigenvalue weighted by molar-refractivity contribution is 0.626. The van der Waals surface area contributed by atoms with Gasteiger partial charge in [-0.3, -0.25) is 0 Å². The predicted octanol–water partition coefficient (Wildman–Crippen LogP) is 12.8. The molecule has 0 aliphatic heterocycles. The van der Waals surface area contributed by atoms with Crippen LogP contribution < -0.4 is 0 Å². The van der Waals surface area contributed by atoms with E-state index >= 15 is 0 Å². The third-order valence-corrected chi connectivity index (χ3v) is 11.7. The van der Waals surface area contributed by atoms with Crippen LogP contribution in [-0.2, 0) is 5.41 Å². The molecule has 0 saturated carbocycles. The maximum atomic E-state index is 5.24. The molecule has 2 aliphatic carbocycles. The summed E-state index contributed by atoms with van der Waals surface area (Å²) in [6.45, 7) is 4.68. The molecule has 260 valence electrons. The second-order valence-corrected chi connectivity index (χ2v) is 15.2. The van der Waals surface area contributed by atoms with E-state index in [2.05, 4.69) is 170 Å². The molecule has 0 amide bonds. The minimum absolute atomic E-state index is 0.106. The lowest BCUT2D eigenvalue weighted by Crippen LogP contribution is -2.17. The van der Waals surface area contributed by atoms with Crippen molar-refractivity contribution in [3.8, 4) is 39.9 Å². The maximum absolute atomic E-state index is 5.24. The van der Waals surface area contributed by atoms with Crippen LogP contribution in [0.4, 0.5) is 0 Å². The first-order chi connectivity index (χ1) is 27.0. The van der Waals surface area contributed by atoms with Crippen LogP contribution in [0.1, 0.15) is 31.4 Å². The summed E-state index contributed by atoms with van der Waals surface area (Å²) in [4.78, 5) is 15.5. The molecule has 11 rings (SSSR count). The van der Waals surface area contributed by atoms with E-state index in [0.29, 0.717) is 17.5 Å². The van der Waals surface area contributed by atoms with Crippen molar-refractivity contribution in [3.05, 3.63) is 187 Å². The van der Waals surface area contributed by atoms with E-state index in [0.717, 1.165) is 28.8 Å². The van der Waals surface area contributed by atoms with Gasteiger partial charge in [0.1, 0.15) is 0 Å². The van der Waals surface area contributed by atoms with Crippen molar-refractivity contribution in [1.29, 1.82) is 0 Å². The number of fused-ring (bicyclic) bond motifs is 9. The third-order valence-electron chi connectivity index (χ3n) is 11.7.